The van der Waals surface area contributed by atoms with E-state index in [1.54, 1.807) is 18.0 Å². The smallest absolute Gasteiger partial charge is 0.129 e. The lowest BCUT2D eigenvalue weighted by Gasteiger charge is -2.29. The summed E-state index contributed by atoms with van der Waals surface area (Å²) in [4.78, 5) is 4.09. The van der Waals surface area contributed by atoms with Gasteiger partial charge in [-0.05, 0) is 31.1 Å². The van der Waals surface area contributed by atoms with E-state index in [0.717, 1.165) is 24.2 Å². The van der Waals surface area contributed by atoms with Crippen LogP contribution in [0.25, 0.3) is 0 Å². The Bertz CT molecular complexity index is 336. The molecule has 1 fully saturated rings. The fraction of sp³-hybridized carbons (Fsp3) is 0.455. The van der Waals surface area contributed by atoms with Crippen molar-refractivity contribution in [3.8, 4) is 6.07 Å². The summed E-state index contributed by atoms with van der Waals surface area (Å²) >= 11 is 1.76. The molecule has 0 saturated carbocycles. The van der Waals surface area contributed by atoms with Crippen LogP contribution in [-0.4, -0.2) is 10.7 Å². The Kier molecular flexibility index (Phi) is 2.74. The molecule has 0 aromatic carbocycles. The average Bonchev–Trinajstić information content (AvgIpc) is 2.31. The van der Waals surface area contributed by atoms with Crippen molar-refractivity contribution < 1.29 is 0 Å². The monoisotopic (exact) mass is 204 g/mol. The van der Waals surface area contributed by atoms with E-state index in [1.807, 2.05) is 18.3 Å². The molecule has 0 aliphatic carbocycles. The molecule has 2 heterocycles. The van der Waals surface area contributed by atoms with Crippen LogP contribution in [0.4, 0.5) is 0 Å². The van der Waals surface area contributed by atoms with Gasteiger partial charge in [-0.3, -0.25) is 4.98 Å². The summed E-state index contributed by atoms with van der Waals surface area (Å²) in [7, 11) is 0. The van der Waals surface area contributed by atoms with Crippen LogP contribution in [0.1, 0.15) is 24.8 Å². The lowest BCUT2D eigenvalue weighted by atomic mass is 9.95. The number of hydrogen-bond acceptors (Lipinski definition) is 3. The largest absolute Gasteiger partial charge is 0.264 e. The molecule has 0 radical (unpaired) electrons. The van der Waals surface area contributed by atoms with E-state index in [1.165, 1.54) is 6.42 Å². The Hall–Kier alpha value is -1.01. The second kappa shape index (κ2) is 4.02. The maximum atomic E-state index is 9.30. The molecule has 0 N–H and O–H groups in total. The molecule has 1 aliphatic heterocycles. The predicted octanol–water partition coefficient (Wildman–Crippen LogP) is 2.72. The summed E-state index contributed by atoms with van der Waals surface area (Å²) in [6, 6.07) is 6.37. The van der Waals surface area contributed by atoms with Crippen molar-refractivity contribution in [2.24, 2.45) is 0 Å². The van der Waals surface area contributed by atoms with Gasteiger partial charge in [0.25, 0.3) is 0 Å². The van der Waals surface area contributed by atoms with Crippen LogP contribution in [0, 0.1) is 11.3 Å². The maximum absolute atomic E-state index is 9.30. The Morgan fingerprint density at radius 2 is 2.43 bits per heavy atom. The highest BCUT2D eigenvalue weighted by molar-refractivity contribution is 8.00. The minimum atomic E-state index is -0.327. The second-order valence-corrected chi connectivity index (χ2v) is 4.88. The van der Waals surface area contributed by atoms with Gasteiger partial charge in [-0.15, -0.1) is 11.8 Å². The first-order chi connectivity index (χ1) is 6.87. The second-order valence-electron chi connectivity index (χ2n) is 3.49. The van der Waals surface area contributed by atoms with Crippen molar-refractivity contribution in [3.63, 3.8) is 0 Å². The van der Waals surface area contributed by atoms with E-state index >= 15 is 0 Å². The van der Waals surface area contributed by atoms with Crippen molar-refractivity contribution in [3.05, 3.63) is 30.1 Å². The normalized spacial score (nSPS) is 26.8. The highest BCUT2D eigenvalue weighted by atomic mass is 32.2. The van der Waals surface area contributed by atoms with Crippen molar-refractivity contribution in [1.29, 1.82) is 5.26 Å². The first kappa shape index (κ1) is 9.54. The summed E-state index contributed by atoms with van der Waals surface area (Å²) in [6.07, 6.45) is 6.91. The van der Waals surface area contributed by atoms with Crippen LogP contribution in [-0.2, 0) is 4.75 Å². The third-order valence-electron chi connectivity index (χ3n) is 2.58. The molecule has 0 unspecified atom stereocenters. The molecular weight excluding hydrogens is 192 g/mol. The van der Waals surface area contributed by atoms with Crippen molar-refractivity contribution in [1.82, 2.24) is 4.98 Å². The van der Waals surface area contributed by atoms with Crippen LogP contribution >= 0.6 is 11.8 Å². The van der Waals surface area contributed by atoms with Crippen molar-refractivity contribution in [2.75, 3.05) is 5.75 Å². The Morgan fingerprint density at radius 1 is 1.50 bits per heavy atom. The van der Waals surface area contributed by atoms with E-state index in [4.69, 9.17) is 0 Å². The summed E-state index contributed by atoms with van der Waals surface area (Å²) in [6.45, 7) is 0. The number of nitrogens with zero attached hydrogens (tertiary/aromatic N) is 2. The van der Waals surface area contributed by atoms with Crippen LogP contribution in [0.5, 0.6) is 0 Å². The van der Waals surface area contributed by atoms with Crippen molar-refractivity contribution in [2.45, 2.75) is 24.0 Å². The average molecular weight is 204 g/mol. The maximum Gasteiger partial charge on any atom is 0.129 e. The molecule has 72 valence electrons. The quantitative estimate of drug-likeness (QED) is 0.705. The van der Waals surface area contributed by atoms with Crippen LogP contribution in [0.2, 0.25) is 0 Å². The van der Waals surface area contributed by atoms with E-state index in [2.05, 4.69) is 11.1 Å². The summed E-state index contributed by atoms with van der Waals surface area (Å²) in [5, 5.41) is 9.30. The first-order valence-corrected chi connectivity index (χ1v) is 5.82. The van der Waals surface area contributed by atoms with E-state index in [0.29, 0.717) is 0 Å². The zero-order valence-electron chi connectivity index (χ0n) is 7.94. The van der Waals surface area contributed by atoms with Gasteiger partial charge >= 0.3 is 0 Å². The predicted molar refractivity (Wildman–Crippen MR) is 57.8 cm³/mol. The zero-order chi connectivity index (χ0) is 9.86. The van der Waals surface area contributed by atoms with E-state index < -0.39 is 0 Å². The van der Waals surface area contributed by atoms with E-state index in [9.17, 15) is 5.26 Å². The summed E-state index contributed by atoms with van der Waals surface area (Å²) in [5.74, 6) is 1.09. The first-order valence-electron chi connectivity index (χ1n) is 4.83. The minimum Gasteiger partial charge on any atom is -0.264 e. The Labute approximate surface area is 88.4 Å². The number of rotatable bonds is 1. The van der Waals surface area contributed by atoms with Gasteiger partial charge in [0.1, 0.15) is 4.75 Å². The lowest BCUT2D eigenvalue weighted by Crippen LogP contribution is -2.23. The van der Waals surface area contributed by atoms with Crippen LogP contribution < -0.4 is 0 Å². The highest BCUT2D eigenvalue weighted by Crippen LogP contribution is 2.43. The van der Waals surface area contributed by atoms with Crippen molar-refractivity contribution >= 4 is 11.8 Å². The molecule has 1 saturated heterocycles. The molecule has 0 spiro atoms. The van der Waals surface area contributed by atoms with E-state index in [-0.39, 0.29) is 4.75 Å². The molecule has 0 amide bonds. The molecule has 1 aliphatic rings. The molecule has 0 bridgehead atoms. The van der Waals surface area contributed by atoms with Gasteiger partial charge in [0.15, 0.2) is 0 Å². The SMILES string of the molecule is N#C[C@]1(c2cccnc2)CCCCS1. The van der Waals surface area contributed by atoms with Gasteiger partial charge < -0.3 is 0 Å². The van der Waals surface area contributed by atoms with Gasteiger partial charge in [0.05, 0.1) is 6.07 Å². The molecular formula is C11H12N2S. The number of hydrogen-bond donors (Lipinski definition) is 0. The number of nitriles is 1. The third-order valence-corrected chi connectivity index (χ3v) is 4.10. The number of aromatic nitrogens is 1. The molecule has 3 heteroatoms. The summed E-state index contributed by atoms with van der Waals surface area (Å²) < 4.78 is -0.327. The Morgan fingerprint density at radius 3 is 3.00 bits per heavy atom. The van der Waals surface area contributed by atoms with Gasteiger partial charge in [0.2, 0.25) is 0 Å². The minimum absolute atomic E-state index is 0.327. The molecule has 14 heavy (non-hydrogen) atoms. The standard InChI is InChI=1S/C11H12N2S/c12-9-11(5-1-2-7-14-11)10-4-3-6-13-8-10/h3-4,6,8H,1-2,5,7H2/t11-/m0/s1. The molecule has 1 atom stereocenters. The Balaban J connectivity index is 2.33. The van der Waals surface area contributed by atoms with Crippen LogP contribution in [0.3, 0.4) is 0 Å². The summed E-state index contributed by atoms with van der Waals surface area (Å²) in [5.41, 5.74) is 1.06. The number of thioether (sulfide) groups is 1. The molecule has 1 aromatic heterocycles. The lowest BCUT2D eigenvalue weighted by molar-refractivity contribution is 0.610. The van der Waals surface area contributed by atoms with Gasteiger partial charge in [0, 0.05) is 18.0 Å². The van der Waals surface area contributed by atoms with Gasteiger partial charge in [-0.1, -0.05) is 6.07 Å². The third kappa shape index (κ3) is 1.62. The zero-order valence-corrected chi connectivity index (χ0v) is 8.76. The van der Waals surface area contributed by atoms with Crippen LogP contribution in [0.15, 0.2) is 24.5 Å². The van der Waals surface area contributed by atoms with Gasteiger partial charge in [-0.25, -0.2) is 0 Å². The fourth-order valence-electron chi connectivity index (χ4n) is 1.78. The number of pyridine rings is 1. The highest BCUT2D eigenvalue weighted by Gasteiger charge is 2.34. The fourth-order valence-corrected chi connectivity index (χ4v) is 3.11. The molecule has 1 aromatic rings. The molecule has 2 nitrogen and oxygen atoms in total. The topological polar surface area (TPSA) is 36.7 Å². The molecule has 2 rings (SSSR count). The van der Waals surface area contributed by atoms with Gasteiger partial charge in [-0.2, -0.15) is 5.26 Å².